The van der Waals surface area contributed by atoms with E-state index in [-0.39, 0.29) is 0 Å². The Bertz CT molecular complexity index is 124. The molecule has 0 aromatic heterocycles. The lowest BCUT2D eigenvalue weighted by Gasteiger charge is -2.42. The molecular formula is C11H22. The van der Waals surface area contributed by atoms with Crippen LogP contribution in [0.25, 0.3) is 0 Å². The van der Waals surface area contributed by atoms with Crippen LogP contribution in [0.2, 0.25) is 0 Å². The molecular weight excluding hydrogens is 132 g/mol. The van der Waals surface area contributed by atoms with E-state index in [0.717, 1.165) is 11.8 Å². The summed E-state index contributed by atoms with van der Waals surface area (Å²) in [5.74, 6) is 1.93. The fourth-order valence-electron chi connectivity index (χ4n) is 2.99. The van der Waals surface area contributed by atoms with E-state index in [1.54, 1.807) is 0 Å². The highest BCUT2D eigenvalue weighted by atomic mass is 14.4. The zero-order valence-corrected chi connectivity index (χ0v) is 8.48. The van der Waals surface area contributed by atoms with Gasteiger partial charge in [0.2, 0.25) is 0 Å². The van der Waals surface area contributed by atoms with Gasteiger partial charge in [-0.1, -0.05) is 47.0 Å². The average molecular weight is 154 g/mol. The molecule has 2 atom stereocenters. The molecule has 0 heteroatoms. The summed E-state index contributed by atoms with van der Waals surface area (Å²) in [6.45, 7) is 9.65. The Kier molecular flexibility index (Phi) is 2.61. The van der Waals surface area contributed by atoms with Crippen LogP contribution in [-0.2, 0) is 0 Å². The van der Waals surface area contributed by atoms with Crippen LogP contribution in [-0.4, -0.2) is 0 Å². The zero-order valence-electron chi connectivity index (χ0n) is 8.48. The van der Waals surface area contributed by atoms with Crippen LogP contribution in [0.15, 0.2) is 0 Å². The van der Waals surface area contributed by atoms with Crippen molar-refractivity contribution in [1.29, 1.82) is 0 Å². The smallest absolute Gasteiger partial charge is 0.0323 e. The molecule has 0 amide bonds. The molecule has 0 aromatic rings. The predicted molar refractivity (Wildman–Crippen MR) is 50.6 cm³/mol. The first kappa shape index (κ1) is 9.09. The van der Waals surface area contributed by atoms with E-state index in [4.69, 9.17) is 0 Å². The first-order valence-corrected chi connectivity index (χ1v) is 5.08. The van der Waals surface area contributed by atoms with Gasteiger partial charge in [0.05, 0.1) is 0 Å². The van der Waals surface area contributed by atoms with Crippen molar-refractivity contribution in [3.63, 3.8) is 0 Å². The lowest BCUT2D eigenvalue weighted by atomic mass is 9.63. The third-order valence-corrected chi connectivity index (χ3v) is 3.61. The van der Waals surface area contributed by atoms with Crippen LogP contribution in [0.5, 0.6) is 0 Å². The van der Waals surface area contributed by atoms with Gasteiger partial charge in [0.1, 0.15) is 0 Å². The second-order valence-corrected chi connectivity index (χ2v) is 4.87. The van der Waals surface area contributed by atoms with Crippen molar-refractivity contribution in [2.75, 3.05) is 0 Å². The summed E-state index contributed by atoms with van der Waals surface area (Å²) in [4.78, 5) is 0. The van der Waals surface area contributed by atoms with Gasteiger partial charge in [0.15, 0.2) is 0 Å². The minimum absolute atomic E-state index is 0.617. The van der Waals surface area contributed by atoms with Crippen molar-refractivity contribution in [3.05, 3.63) is 0 Å². The van der Waals surface area contributed by atoms with Crippen molar-refractivity contribution in [2.24, 2.45) is 17.3 Å². The average Bonchev–Trinajstić information content (AvgIpc) is 1.86. The number of hydrogen-bond acceptors (Lipinski definition) is 0. The molecule has 1 aliphatic carbocycles. The van der Waals surface area contributed by atoms with E-state index in [2.05, 4.69) is 27.7 Å². The van der Waals surface area contributed by atoms with E-state index in [9.17, 15) is 0 Å². The van der Waals surface area contributed by atoms with Crippen molar-refractivity contribution in [1.82, 2.24) is 0 Å². The van der Waals surface area contributed by atoms with Crippen LogP contribution >= 0.6 is 0 Å². The fraction of sp³-hybridized carbons (Fsp3) is 1.00. The van der Waals surface area contributed by atoms with E-state index in [1.807, 2.05) is 0 Å². The molecule has 1 saturated carbocycles. The maximum Gasteiger partial charge on any atom is -0.0323 e. The minimum atomic E-state index is 0.617. The van der Waals surface area contributed by atoms with Gasteiger partial charge in [-0.3, -0.25) is 0 Å². The van der Waals surface area contributed by atoms with Crippen molar-refractivity contribution in [2.45, 2.75) is 53.4 Å². The lowest BCUT2D eigenvalue weighted by molar-refractivity contribution is 0.0807. The van der Waals surface area contributed by atoms with E-state index in [1.165, 1.54) is 25.7 Å². The zero-order chi connectivity index (χ0) is 8.48. The molecule has 1 aliphatic rings. The van der Waals surface area contributed by atoms with Gasteiger partial charge in [-0.25, -0.2) is 0 Å². The van der Waals surface area contributed by atoms with Crippen molar-refractivity contribution >= 4 is 0 Å². The second-order valence-electron chi connectivity index (χ2n) is 4.87. The van der Waals surface area contributed by atoms with E-state index >= 15 is 0 Å². The molecule has 0 spiro atoms. The molecule has 0 aliphatic heterocycles. The third-order valence-electron chi connectivity index (χ3n) is 3.61. The van der Waals surface area contributed by atoms with Gasteiger partial charge in [0, 0.05) is 0 Å². The standard InChI is InChI=1S/C11H22/c1-5-10-9(2)7-6-8-11(10,3)4/h9-10H,5-8H2,1-4H3/t9?,10-/m0/s1. The van der Waals surface area contributed by atoms with Crippen LogP contribution in [0, 0.1) is 17.3 Å². The first-order valence-electron chi connectivity index (χ1n) is 5.08. The highest BCUT2D eigenvalue weighted by molar-refractivity contribution is 4.85. The highest BCUT2D eigenvalue weighted by Crippen LogP contribution is 2.45. The Morgan fingerprint density at radius 3 is 2.36 bits per heavy atom. The Balaban J connectivity index is 2.64. The van der Waals surface area contributed by atoms with Gasteiger partial charge in [-0.05, 0) is 23.7 Å². The van der Waals surface area contributed by atoms with E-state index < -0.39 is 0 Å². The summed E-state index contributed by atoms with van der Waals surface area (Å²) in [5, 5.41) is 0. The number of hydrogen-bond donors (Lipinski definition) is 0. The molecule has 0 bridgehead atoms. The van der Waals surface area contributed by atoms with E-state index in [0.29, 0.717) is 5.41 Å². The van der Waals surface area contributed by atoms with Gasteiger partial charge < -0.3 is 0 Å². The van der Waals surface area contributed by atoms with Crippen LogP contribution < -0.4 is 0 Å². The largest absolute Gasteiger partial charge is 0.0651 e. The molecule has 1 fully saturated rings. The Hall–Kier alpha value is 0. The lowest BCUT2D eigenvalue weighted by Crippen LogP contribution is -2.32. The summed E-state index contributed by atoms with van der Waals surface area (Å²) >= 11 is 0. The topological polar surface area (TPSA) is 0 Å². The monoisotopic (exact) mass is 154 g/mol. The molecule has 0 saturated heterocycles. The van der Waals surface area contributed by atoms with Gasteiger partial charge >= 0.3 is 0 Å². The summed E-state index contributed by atoms with van der Waals surface area (Å²) in [5.41, 5.74) is 0.617. The Morgan fingerprint density at radius 2 is 2.00 bits per heavy atom. The van der Waals surface area contributed by atoms with Gasteiger partial charge in [-0.2, -0.15) is 0 Å². The molecule has 66 valence electrons. The van der Waals surface area contributed by atoms with Crippen LogP contribution in [0.3, 0.4) is 0 Å². The Morgan fingerprint density at radius 1 is 1.36 bits per heavy atom. The molecule has 0 heterocycles. The molecule has 0 N–H and O–H groups in total. The predicted octanol–water partition coefficient (Wildman–Crippen LogP) is 3.86. The molecule has 0 nitrogen and oxygen atoms in total. The first-order chi connectivity index (χ1) is 5.08. The number of rotatable bonds is 1. The fourth-order valence-corrected chi connectivity index (χ4v) is 2.99. The normalized spacial score (nSPS) is 37.1. The van der Waals surface area contributed by atoms with Crippen LogP contribution in [0.4, 0.5) is 0 Å². The Labute approximate surface area is 71.4 Å². The highest BCUT2D eigenvalue weighted by Gasteiger charge is 2.34. The summed E-state index contributed by atoms with van der Waals surface area (Å²) < 4.78 is 0. The summed E-state index contributed by atoms with van der Waals surface area (Å²) in [6, 6.07) is 0. The van der Waals surface area contributed by atoms with Crippen molar-refractivity contribution in [3.8, 4) is 0 Å². The van der Waals surface area contributed by atoms with Crippen molar-refractivity contribution < 1.29 is 0 Å². The second kappa shape index (κ2) is 3.16. The summed E-state index contributed by atoms with van der Waals surface area (Å²) in [6.07, 6.45) is 5.72. The maximum atomic E-state index is 2.44. The maximum absolute atomic E-state index is 2.44. The molecule has 0 radical (unpaired) electrons. The van der Waals surface area contributed by atoms with Gasteiger partial charge in [0.25, 0.3) is 0 Å². The summed E-state index contributed by atoms with van der Waals surface area (Å²) in [7, 11) is 0. The minimum Gasteiger partial charge on any atom is -0.0651 e. The molecule has 1 rings (SSSR count). The third kappa shape index (κ3) is 1.77. The quantitative estimate of drug-likeness (QED) is 0.538. The molecule has 11 heavy (non-hydrogen) atoms. The van der Waals surface area contributed by atoms with Crippen LogP contribution in [0.1, 0.15) is 53.4 Å². The van der Waals surface area contributed by atoms with Gasteiger partial charge in [-0.15, -0.1) is 0 Å². The molecule has 0 aromatic carbocycles. The SMILES string of the molecule is CC[C@H]1C(C)CCCC1(C)C. The molecule has 1 unspecified atom stereocenters.